The first kappa shape index (κ1) is 27.1. The second kappa shape index (κ2) is 11.0. The molecule has 0 bridgehead atoms. The number of fused-ring (bicyclic) bond motifs is 1. The van der Waals surface area contributed by atoms with Gasteiger partial charge in [0.05, 0.1) is 63.0 Å². The Morgan fingerprint density at radius 3 is 2.33 bits per heavy atom. The highest BCUT2D eigenvalue weighted by atomic mass is 16.6. The van der Waals surface area contributed by atoms with Crippen molar-refractivity contribution in [3.63, 3.8) is 0 Å². The van der Waals surface area contributed by atoms with Gasteiger partial charge in [0.1, 0.15) is 5.60 Å². The minimum absolute atomic E-state index is 0.0237. The van der Waals surface area contributed by atoms with Crippen LogP contribution in [0.25, 0.3) is 11.3 Å². The monoisotopic (exact) mass is 538 g/mol. The molecule has 2 fully saturated rings. The number of anilines is 2. The number of urea groups is 1. The summed E-state index contributed by atoms with van der Waals surface area (Å²) >= 11 is 0. The molecule has 11 heteroatoms. The molecule has 1 N–H and O–H groups in total. The van der Waals surface area contributed by atoms with Gasteiger partial charge in [-0.1, -0.05) is 12.1 Å². The lowest BCUT2D eigenvalue weighted by Crippen LogP contribution is -2.48. The first-order valence-corrected chi connectivity index (χ1v) is 13.6. The standard InChI is InChI=1S/C28H38N6O5/c1-18-16-37-12-10-33(18)25-30-23-15-32(27(36)39-28(3,4)5)14-22(23)24(31-25)20-6-8-21(9-7-20)29-26(35)34-11-13-38-17-19(34)2/h6-9,18-19H,10-17H2,1-5H3,(H,29,35). The number of benzene rings is 1. The summed E-state index contributed by atoms with van der Waals surface area (Å²) in [6.45, 7) is 13.9. The summed E-state index contributed by atoms with van der Waals surface area (Å²) in [6.07, 6.45) is -0.372. The third-order valence-electron chi connectivity index (χ3n) is 7.08. The van der Waals surface area contributed by atoms with Gasteiger partial charge in [-0.25, -0.2) is 19.6 Å². The number of amides is 3. The Morgan fingerprint density at radius 2 is 1.67 bits per heavy atom. The van der Waals surface area contributed by atoms with Crippen LogP contribution in [-0.2, 0) is 27.3 Å². The molecular weight excluding hydrogens is 500 g/mol. The van der Waals surface area contributed by atoms with Crippen molar-refractivity contribution in [1.29, 1.82) is 0 Å². The van der Waals surface area contributed by atoms with Gasteiger partial charge in [0.25, 0.3) is 0 Å². The number of rotatable bonds is 3. The SMILES string of the molecule is CC1COCCN1C(=O)Nc1ccc(-c2nc(N3CCOCC3C)nc3c2CN(C(=O)OC(C)(C)C)C3)cc1. The van der Waals surface area contributed by atoms with Crippen LogP contribution < -0.4 is 10.2 Å². The predicted octanol–water partition coefficient (Wildman–Crippen LogP) is 3.87. The Labute approximate surface area is 229 Å². The van der Waals surface area contributed by atoms with Crippen molar-refractivity contribution in [2.45, 2.75) is 65.4 Å². The Morgan fingerprint density at radius 1 is 0.974 bits per heavy atom. The number of carbonyl (C=O) groups is 2. The topological polar surface area (TPSA) is 109 Å². The van der Waals surface area contributed by atoms with Crippen LogP contribution in [-0.4, -0.2) is 89.1 Å². The minimum atomic E-state index is -0.589. The van der Waals surface area contributed by atoms with Gasteiger partial charge in [0, 0.05) is 29.9 Å². The van der Waals surface area contributed by atoms with E-state index in [2.05, 4.69) is 17.1 Å². The van der Waals surface area contributed by atoms with E-state index in [9.17, 15) is 9.59 Å². The van der Waals surface area contributed by atoms with Crippen molar-refractivity contribution in [3.8, 4) is 11.3 Å². The van der Waals surface area contributed by atoms with Crippen LogP contribution in [0.3, 0.4) is 0 Å². The fraction of sp³-hybridized carbons (Fsp3) is 0.571. The van der Waals surface area contributed by atoms with Crippen LogP contribution >= 0.6 is 0 Å². The van der Waals surface area contributed by atoms with E-state index in [1.807, 2.05) is 52.0 Å². The Kier molecular flexibility index (Phi) is 7.64. The Hall–Kier alpha value is -3.44. The van der Waals surface area contributed by atoms with Crippen LogP contribution in [0, 0.1) is 0 Å². The largest absolute Gasteiger partial charge is 0.444 e. The van der Waals surface area contributed by atoms with E-state index < -0.39 is 5.60 Å². The van der Waals surface area contributed by atoms with Gasteiger partial charge < -0.3 is 29.3 Å². The maximum Gasteiger partial charge on any atom is 0.410 e. The van der Waals surface area contributed by atoms with E-state index in [-0.39, 0.29) is 24.2 Å². The normalized spacial score (nSPS) is 21.5. The molecule has 11 nitrogen and oxygen atoms in total. The maximum atomic E-state index is 12.9. The molecular formula is C28H38N6O5. The van der Waals surface area contributed by atoms with Gasteiger partial charge in [0.15, 0.2) is 0 Å². The van der Waals surface area contributed by atoms with E-state index in [4.69, 9.17) is 24.2 Å². The average molecular weight is 539 g/mol. The van der Waals surface area contributed by atoms with E-state index in [1.165, 1.54) is 0 Å². The molecule has 2 atom stereocenters. The molecule has 5 rings (SSSR count). The molecule has 2 unspecified atom stereocenters. The van der Waals surface area contributed by atoms with Gasteiger partial charge in [-0.05, 0) is 46.8 Å². The number of hydrogen-bond donors (Lipinski definition) is 1. The van der Waals surface area contributed by atoms with Crippen LogP contribution in [0.5, 0.6) is 0 Å². The average Bonchev–Trinajstić information content (AvgIpc) is 3.33. The summed E-state index contributed by atoms with van der Waals surface area (Å²) in [6, 6.07) is 7.67. The van der Waals surface area contributed by atoms with E-state index in [0.717, 1.165) is 22.5 Å². The van der Waals surface area contributed by atoms with Gasteiger partial charge >= 0.3 is 12.1 Å². The van der Waals surface area contributed by atoms with Crippen molar-refractivity contribution in [2.24, 2.45) is 0 Å². The molecule has 3 aliphatic rings. The van der Waals surface area contributed by atoms with Crippen molar-refractivity contribution < 1.29 is 23.8 Å². The van der Waals surface area contributed by atoms with Crippen LogP contribution in [0.1, 0.15) is 45.9 Å². The van der Waals surface area contributed by atoms with Gasteiger partial charge in [-0.2, -0.15) is 0 Å². The van der Waals surface area contributed by atoms with E-state index in [1.54, 1.807) is 9.80 Å². The molecule has 2 aromatic rings. The van der Waals surface area contributed by atoms with Crippen LogP contribution in [0.15, 0.2) is 24.3 Å². The lowest BCUT2D eigenvalue weighted by atomic mass is 10.1. The highest BCUT2D eigenvalue weighted by Crippen LogP contribution is 2.34. The van der Waals surface area contributed by atoms with Crippen molar-refractivity contribution in [2.75, 3.05) is 49.7 Å². The molecule has 0 radical (unpaired) electrons. The zero-order chi connectivity index (χ0) is 27.7. The number of nitrogens with zero attached hydrogens (tertiary/aromatic N) is 5. The third kappa shape index (κ3) is 6.09. The molecule has 0 aliphatic carbocycles. The van der Waals surface area contributed by atoms with Crippen molar-refractivity contribution in [3.05, 3.63) is 35.5 Å². The quantitative estimate of drug-likeness (QED) is 0.627. The fourth-order valence-corrected chi connectivity index (χ4v) is 5.02. The molecule has 210 valence electrons. The lowest BCUT2D eigenvalue weighted by Gasteiger charge is -2.33. The second-order valence-corrected chi connectivity index (χ2v) is 11.4. The predicted molar refractivity (Wildman–Crippen MR) is 147 cm³/mol. The molecule has 39 heavy (non-hydrogen) atoms. The smallest absolute Gasteiger partial charge is 0.410 e. The second-order valence-electron chi connectivity index (χ2n) is 11.4. The number of ether oxygens (including phenoxy) is 3. The molecule has 3 amide bonds. The van der Waals surface area contributed by atoms with Crippen molar-refractivity contribution >= 4 is 23.8 Å². The summed E-state index contributed by atoms with van der Waals surface area (Å²) in [5.74, 6) is 0.629. The number of carbonyl (C=O) groups excluding carboxylic acids is 2. The van der Waals surface area contributed by atoms with Gasteiger partial charge in [0.2, 0.25) is 5.95 Å². The van der Waals surface area contributed by atoms with Gasteiger partial charge in [-0.3, -0.25) is 4.90 Å². The summed E-state index contributed by atoms with van der Waals surface area (Å²) in [5.41, 5.74) is 3.50. The van der Waals surface area contributed by atoms with Gasteiger partial charge in [-0.15, -0.1) is 0 Å². The minimum Gasteiger partial charge on any atom is -0.444 e. The molecule has 3 aliphatic heterocycles. The Bertz CT molecular complexity index is 1210. The summed E-state index contributed by atoms with van der Waals surface area (Å²) in [4.78, 5) is 41.2. The highest BCUT2D eigenvalue weighted by Gasteiger charge is 2.33. The molecule has 4 heterocycles. The first-order chi connectivity index (χ1) is 18.6. The number of nitrogens with one attached hydrogen (secondary N) is 1. The van der Waals surface area contributed by atoms with Crippen LogP contribution in [0.2, 0.25) is 0 Å². The summed E-state index contributed by atoms with van der Waals surface area (Å²) < 4.78 is 16.7. The number of aromatic nitrogens is 2. The lowest BCUT2D eigenvalue weighted by molar-refractivity contribution is 0.0221. The zero-order valence-corrected chi connectivity index (χ0v) is 23.4. The third-order valence-corrected chi connectivity index (χ3v) is 7.08. The molecule has 1 aromatic carbocycles. The summed E-state index contributed by atoms with van der Waals surface area (Å²) in [7, 11) is 0. The van der Waals surface area contributed by atoms with E-state index in [0.29, 0.717) is 64.2 Å². The molecule has 0 spiro atoms. The zero-order valence-electron chi connectivity index (χ0n) is 23.4. The fourth-order valence-electron chi connectivity index (χ4n) is 5.02. The number of hydrogen-bond acceptors (Lipinski definition) is 8. The highest BCUT2D eigenvalue weighted by molar-refractivity contribution is 5.90. The number of morpholine rings is 2. The van der Waals surface area contributed by atoms with Crippen LogP contribution in [0.4, 0.5) is 21.2 Å². The molecule has 1 aromatic heterocycles. The molecule has 0 saturated carbocycles. The van der Waals surface area contributed by atoms with E-state index >= 15 is 0 Å². The van der Waals surface area contributed by atoms with Crippen molar-refractivity contribution in [1.82, 2.24) is 19.8 Å². The summed E-state index contributed by atoms with van der Waals surface area (Å²) in [5, 5.41) is 2.99. The maximum absolute atomic E-state index is 12.9. The Balaban J connectivity index is 1.42. The first-order valence-electron chi connectivity index (χ1n) is 13.6. The molecule has 2 saturated heterocycles.